The molecule has 1 amide bonds. The SMILES string of the molecule is C#CCN1C(=O)[C@@]2(C(C#N)=C(N)Oc3ccccc32)C(C(=O)OC(C)(C)C)=C1C. The van der Waals surface area contributed by atoms with Crippen LogP contribution in [0.1, 0.15) is 33.3 Å². The first-order chi connectivity index (χ1) is 13.6. The summed E-state index contributed by atoms with van der Waals surface area (Å²) in [6, 6.07) is 8.63. The van der Waals surface area contributed by atoms with Gasteiger partial charge in [0.2, 0.25) is 11.8 Å². The number of allylic oxidation sites excluding steroid dienone is 1. The van der Waals surface area contributed by atoms with Crippen LogP contribution in [-0.2, 0) is 19.7 Å². The van der Waals surface area contributed by atoms with Gasteiger partial charge in [-0.25, -0.2) is 4.79 Å². The minimum atomic E-state index is -1.78. The van der Waals surface area contributed by atoms with Gasteiger partial charge >= 0.3 is 5.97 Å². The molecule has 0 saturated carbocycles. The molecule has 2 N–H and O–H groups in total. The van der Waals surface area contributed by atoms with Crippen molar-refractivity contribution in [2.45, 2.75) is 38.7 Å². The zero-order valence-corrected chi connectivity index (χ0v) is 16.7. The van der Waals surface area contributed by atoms with Crippen molar-refractivity contribution >= 4 is 11.9 Å². The highest BCUT2D eigenvalue weighted by atomic mass is 16.6. The lowest BCUT2D eigenvalue weighted by Crippen LogP contribution is -2.47. The van der Waals surface area contributed by atoms with Crippen LogP contribution < -0.4 is 10.5 Å². The summed E-state index contributed by atoms with van der Waals surface area (Å²) in [5.74, 6) is 1.21. The zero-order chi connectivity index (χ0) is 21.6. The van der Waals surface area contributed by atoms with E-state index < -0.39 is 22.9 Å². The summed E-state index contributed by atoms with van der Waals surface area (Å²) >= 11 is 0. The summed E-state index contributed by atoms with van der Waals surface area (Å²) in [6.45, 7) is 6.69. The molecule has 1 atom stereocenters. The molecule has 7 nitrogen and oxygen atoms in total. The number of carbonyl (C=O) groups is 2. The molecule has 3 rings (SSSR count). The van der Waals surface area contributed by atoms with Gasteiger partial charge in [0.15, 0.2) is 5.41 Å². The number of nitrogens with zero attached hydrogens (tertiary/aromatic N) is 2. The van der Waals surface area contributed by atoms with E-state index in [9.17, 15) is 14.9 Å². The van der Waals surface area contributed by atoms with E-state index in [0.29, 0.717) is 11.3 Å². The second-order valence-electron chi connectivity index (χ2n) is 7.76. The van der Waals surface area contributed by atoms with Crippen LogP contribution in [0.15, 0.2) is 47.0 Å². The Kier molecular flexibility index (Phi) is 4.64. The van der Waals surface area contributed by atoms with E-state index >= 15 is 0 Å². The molecule has 29 heavy (non-hydrogen) atoms. The molecule has 0 radical (unpaired) electrons. The molecule has 1 spiro atoms. The fourth-order valence-electron chi connectivity index (χ4n) is 3.75. The quantitative estimate of drug-likeness (QED) is 0.611. The second-order valence-corrected chi connectivity index (χ2v) is 7.76. The Bertz CT molecular complexity index is 1060. The highest BCUT2D eigenvalue weighted by Gasteiger charge is 2.62. The maximum Gasteiger partial charge on any atom is 0.338 e. The second kappa shape index (κ2) is 6.72. The van der Waals surface area contributed by atoms with E-state index in [2.05, 4.69) is 5.92 Å². The van der Waals surface area contributed by atoms with Crippen molar-refractivity contribution in [2.24, 2.45) is 5.73 Å². The summed E-state index contributed by atoms with van der Waals surface area (Å²) in [4.78, 5) is 28.3. The van der Waals surface area contributed by atoms with Crippen LogP contribution >= 0.6 is 0 Å². The van der Waals surface area contributed by atoms with Crippen LogP contribution in [0.4, 0.5) is 0 Å². The summed E-state index contributed by atoms with van der Waals surface area (Å²) in [6.07, 6.45) is 5.45. The van der Waals surface area contributed by atoms with E-state index in [4.69, 9.17) is 21.6 Å². The third-order valence-corrected chi connectivity index (χ3v) is 4.80. The molecule has 2 heterocycles. The van der Waals surface area contributed by atoms with Gasteiger partial charge in [-0.05, 0) is 33.8 Å². The summed E-state index contributed by atoms with van der Waals surface area (Å²) in [5, 5.41) is 9.91. The number of fused-ring (bicyclic) bond motifs is 2. The van der Waals surface area contributed by atoms with Crippen molar-refractivity contribution in [1.82, 2.24) is 4.90 Å². The standard InChI is InChI=1S/C22H21N3O4/c1-6-11-25-13(2)17(19(26)29-21(3,4)5)22(20(25)27)14-9-7-8-10-16(14)28-18(24)15(22)12-23/h1,7-10H,11,24H2,2-5H3/t22-/m0/s1. The molecule has 0 aliphatic carbocycles. The van der Waals surface area contributed by atoms with Crippen molar-refractivity contribution in [3.8, 4) is 24.2 Å². The van der Waals surface area contributed by atoms with Crippen LogP contribution in [0.25, 0.3) is 0 Å². The maximum absolute atomic E-state index is 13.7. The first-order valence-electron chi connectivity index (χ1n) is 8.97. The number of hydrogen-bond acceptors (Lipinski definition) is 6. The highest BCUT2D eigenvalue weighted by Crippen LogP contribution is 2.53. The number of terminal acetylenes is 1. The van der Waals surface area contributed by atoms with Gasteiger partial charge in [0, 0.05) is 11.3 Å². The van der Waals surface area contributed by atoms with Crippen molar-refractivity contribution in [1.29, 1.82) is 5.26 Å². The molecule has 0 aromatic heterocycles. The van der Waals surface area contributed by atoms with Gasteiger partial charge in [-0.3, -0.25) is 4.79 Å². The Hall–Kier alpha value is -3.71. The van der Waals surface area contributed by atoms with Crippen LogP contribution in [0.2, 0.25) is 0 Å². The van der Waals surface area contributed by atoms with E-state index in [1.807, 2.05) is 6.07 Å². The Morgan fingerprint density at radius 3 is 2.62 bits per heavy atom. The van der Waals surface area contributed by atoms with Crippen LogP contribution in [0.5, 0.6) is 5.75 Å². The summed E-state index contributed by atoms with van der Waals surface area (Å²) in [7, 11) is 0. The largest absolute Gasteiger partial charge is 0.457 e. The first kappa shape index (κ1) is 20.0. The van der Waals surface area contributed by atoms with Gasteiger partial charge < -0.3 is 20.1 Å². The number of ether oxygens (including phenoxy) is 2. The highest BCUT2D eigenvalue weighted by molar-refractivity contribution is 6.12. The van der Waals surface area contributed by atoms with Gasteiger partial charge in [-0.2, -0.15) is 5.26 Å². The zero-order valence-electron chi connectivity index (χ0n) is 16.7. The summed E-state index contributed by atoms with van der Waals surface area (Å²) in [5.41, 5.74) is 3.94. The first-order valence-corrected chi connectivity index (χ1v) is 8.97. The summed E-state index contributed by atoms with van der Waals surface area (Å²) < 4.78 is 11.2. The average Bonchev–Trinajstić information content (AvgIpc) is 2.83. The lowest BCUT2D eigenvalue weighted by Gasteiger charge is -2.35. The minimum Gasteiger partial charge on any atom is -0.457 e. The normalized spacial score (nSPS) is 20.9. The van der Waals surface area contributed by atoms with Crippen LogP contribution in [0, 0.1) is 23.7 Å². The van der Waals surface area contributed by atoms with Gasteiger partial charge in [0.1, 0.15) is 23.0 Å². The molecule has 7 heteroatoms. The number of benzene rings is 1. The number of nitriles is 1. The molecule has 0 fully saturated rings. The van der Waals surface area contributed by atoms with Gasteiger partial charge in [-0.15, -0.1) is 6.42 Å². The molecule has 2 aliphatic heterocycles. The van der Waals surface area contributed by atoms with Gasteiger partial charge in [-0.1, -0.05) is 24.1 Å². The predicted molar refractivity (Wildman–Crippen MR) is 105 cm³/mol. The van der Waals surface area contributed by atoms with Crippen molar-refractivity contribution in [3.05, 3.63) is 52.6 Å². The third-order valence-electron chi connectivity index (χ3n) is 4.80. The fourth-order valence-corrected chi connectivity index (χ4v) is 3.75. The predicted octanol–water partition coefficient (Wildman–Crippen LogP) is 2.10. The van der Waals surface area contributed by atoms with E-state index in [1.54, 1.807) is 52.0 Å². The van der Waals surface area contributed by atoms with E-state index in [0.717, 1.165) is 0 Å². The molecular weight excluding hydrogens is 370 g/mol. The topological polar surface area (TPSA) is 106 Å². The van der Waals surface area contributed by atoms with Gasteiger partial charge in [0.25, 0.3) is 0 Å². The lowest BCUT2D eigenvalue weighted by molar-refractivity contribution is -0.151. The average molecular weight is 391 g/mol. The number of carbonyl (C=O) groups excluding carboxylic acids is 2. The molecular formula is C22H21N3O4. The van der Waals surface area contributed by atoms with E-state index in [-0.39, 0.29) is 29.3 Å². The number of nitrogens with two attached hydrogens (primary N) is 1. The Balaban J connectivity index is 2.41. The number of amides is 1. The molecule has 0 unspecified atom stereocenters. The van der Waals surface area contributed by atoms with Gasteiger partial charge in [0.05, 0.1) is 12.1 Å². The monoisotopic (exact) mass is 391 g/mol. The Labute approximate surface area is 169 Å². The van der Waals surface area contributed by atoms with E-state index in [1.165, 1.54) is 4.90 Å². The number of para-hydroxylation sites is 1. The van der Waals surface area contributed by atoms with Crippen LogP contribution in [-0.4, -0.2) is 28.9 Å². The third kappa shape index (κ3) is 2.83. The maximum atomic E-state index is 13.7. The lowest BCUT2D eigenvalue weighted by atomic mass is 9.68. The Morgan fingerprint density at radius 2 is 2.03 bits per heavy atom. The fraction of sp³-hybridized carbons (Fsp3) is 0.318. The molecule has 0 bridgehead atoms. The van der Waals surface area contributed by atoms with Crippen LogP contribution in [0.3, 0.4) is 0 Å². The smallest absolute Gasteiger partial charge is 0.338 e. The minimum absolute atomic E-state index is 0.0166. The number of rotatable bonds is 2. The Morgan fingerprint density at radius 1 is 1.38 bits per heavy atom. The molecule has 0 saturated heterocycles. The number of esters is 1. The molecule has 2 aliphatic rings. The molecule has 148 valence electrons. The van der Waals surface area contributed by atoms with Crippen molar-refractivity contribution < 1.29 is 19.1 Å². The molecule has 1 aromatic rings. The van der Waals surface area contributed by atoms with Crippen molar-refractivity contribution in [2.75, 3.05) is 6.54 Å². The van der Waals surface area contributed by atoms with Crippen molar-refractivity contribution in [3.63, 3.8) is 0 Å². The molecule has 1 aromatic carbocycles. The number of hydrogen-bond donors (Lipinski definition) is 1.